The number of esters is 1. The molecule has 5 heteroatoms. The van der Waals surface area contributed by atoms with Gasteiger partial charge in [-0.3, -0.25) is 9.28 Å². The summed E-state index contributed by atoms with van der Waals surface area (Å²) in [5, 5.41) is 2.25. The summed E-state index contributed by atoms with van der Waals surface area (Å²) < 4.78 is 5.57. The average molecular weight is 227 g/mol. The van der Waals surface area contributed by atoms with Gasteiger partial charge in [0.1, 0.15) is 5.70 Å². The van der Waals surface area contributed by atoms with Crippen LogP contribution < -0.4 is 5.32 Å². The van der Waals surface area contributed by atoms with E-state index in [4.69, 9.17) is 4.74 Å². The second-order valence-corrected chi connectivity index (χ2v) is 4.29. The Morgan fingerprint density at radius 2 is 1.88 bits per heavy atom. The summed E-state index contributed by atoms with van der Waals surface area (Å²) in [5.41, 5.74) is -0.0924. The van der Waals surface area contributed by atoms with Crippen molar-refractivity contribution in [3.05, 3.63) is 24.9 Å². The Hall–Kier alpha value is -1.62. The molecule has 5 nitrogen and oxygen atoms in total. The molecule has 0 aromatic rings. The Balaban J connectivity index is 4.32. The molecule has 0 spiro atoms. The lowest BCUT2D eigenvalue weighted by atomic mass is 10.4. The van der Waals surface area contributed by atoms with Gasteiger partial charge in [0.05, 0.1) is 21.1 Å². The van der Waals surface area contributed by atoms with Gasteiger partial charge in [0, 0.05) is 6.92 Å². The number of hydrogen-bond donors (Lipinski definition) is 1. The largest absolute Gasteiger partial charge is 0.408 e. The predicted octanol–water partition coefficient (Wildman–Crippen LogP) is 0.398. The highest BCUT2D eigenvalue weighted by molar-refractivity contribution is 5.96. The molecular weight excluding hydrogens is 208 g/mol. The summed E-state index contributed by atoms with van der Waals surface area (Å²) in [7, 11) is 5.68. The first-order valence-corrected chi connectivity index (χ1v) is 4.83. The zero-order valence-electron chi connectivity index (χ0n) is 10.2. The fourth-order valence-electron chi connectivity index (χ4n) is 0.635. The summed E-state index contributed by atoms with van der Waals surface area (Å²) in [6.07, 6.45) is 0.728. The van der Waals surface area contributed by atoms with Gasteiger partial charge in [-0.15, -0.1) is 0 Å². The highest BCUT2D eigenvalue weighted by atomic mass is 16.6. The van der Waals surface area contributed by atoms with Crippen molar-refractivity contribution < 1.29 is 18.8 Å². The molecule has 1 unspecified atom stereocenters. The van der Waals surface area contributed by atoms with Crippen molar-refractivity contribution in [3.63, 3.8) is 0 Å². The number of hydrogen-bond acceptors (Lipinski definition) is 3. The molecule has 0 heterocycles. The van der Waals surface area contributed by atoms with Gasteiger partial charge in [0.15, 0.2) is 0 Å². The molecule has 0 rings (SSSR count). The summed E-state index contributed by atoms with van der Waals surface area (Å²) in [6, 6.07) is 0. The van der Waals surface area contributed by atoms with Crippen molar-refractivity contribution in [2.24, 2.45) is 0 Å². The van der Waals surface area contributed by atoms with Crippen LogP contribution in [-0.2, 0) is 14.3 Å². The predicted molar refractivity (Wildman–Crippen MR) is 61.1 cm³/mol. The van der Waals surface area contributed by atoms with E-state index < -0.39 is 11.9 Å². The lowest BCUT2D eigenvalue weighted by Crippen LogP contribution is -2.46. The summed E-state index contributed by atoms with van der Waals surface area (Å²) >= 11 is 0. The van der Waals surface area contributed by atoms with Crippen molar-refractivity contribution in [1.29, 1.82) is 0 Å². The highest BCUT2D eigenvalue weighted by Gasteiger charge is 2.23. The first kappa shape index (κ1) is 14.4. The number of carbonyl (C=O) groups excluding carboxylic acids is 2. The van der Waals surface area contributed by atoms with Crippen molar-refractivity contribution in [3.8, 4) is 0 Å². The molecular formula is C11H19N2O3+. The quantitative estimate of drug-likeness (QED) is 0.320. The van der Waals surface area contributed by atoms with Crippen LogP contribution in [0.5, 0.6) is 0 Å². The van der Waals surface area contributed by atoms with Crippen molar-refractivity contribution in [2.45, 2.75) is 13.2 Å². The maximum atomic E-state index is 11.5. The smallest absolute Gasteiger partial charge is 0.358 e. The molecule has 90 valence electrons. The SMILES string of the molecule is C=CC(=O)NC(=C)C(=O)OC(C)[N+](C)(C)C. The van der Waals surface area contributed by atoms with E-state index in [1.165, 1.54) is 0 Å². The van der Waals surface area contributed by atoms with E-state index in [0.717, 1.165) is 6.08 Å². The third-order valence-electron chi connectivity index (χ3n) is 2.07. The minimum absolute atomic E-state index is 0.0924. The van der Waals surface area contributed by atoms with Gasteiger partial charge in [0.25, 0.3) is 0 Å². The lowest BCUT2D eigenvalue weighted by Gasteiger charge is -2.30. The van der Waals surface area contributed by atoms with Gasteiger partial charge in [-0.25, -0.2) is 4.79 Å². The minimum Gasteiger partial charge on any atom is -0.408 e. The van der Waals surface area contributed by atoms with Crippen LogP contribution in [0.3, 0.4) is 0 Å². The van der Waals surface area contributed by atoms with Crippen LogP contribution in [0.4, 0.5) is 0 Å². The van der Waals surface area contributed by atoms with E-state index in [9.17, 15) is 9.59 Å². The number of nitrogens with zero attached hydrogens (tertiary/aromatic N) is 1. The average Bonchev–Trinajstić information content (AvgIpc) is 2.15. The molecule has 1 atom stereocenters. The number of ether oxygens (including phenoxy) is 1. The monoisotopic (exact) mass is 227 g/mol. The third-order valence-corrected chi connectivity index (χ3v) is 2.07. The molecule has 16 heavy (non-hydrogen) atoms. The van der Waals surface area contributed by atoms with Crippen molar-refractivity contribution in [1.82, 2.24) is 5.32 Å². The number of nitrogens with one attached hydrogen (secondary N) is 1. The van der Waals surface area contributed by atoms with Crippen molar-refractivity contribution >= 4 is 11.9 Å². The zero-order valence-corrected chi connectivity index (χ0v) is 10.2. The van der Waals surface area contributed by atoms with E-state index in [-0.39, 0.29) is 11.9 Å². The molecule has 0 radical (unpaired) electrons. The number of quaternary nitrogens is 1. The Bertz CT molecular complexity index is 316. The molecule has 1 amide bonds. The van der Waals surface area contributed by atoms with Crippen LogP contribution in [0.2, 0.25) is 0 Å². The molecule has 0 aliphatic carbocycles. The minimum atomic E-state index is -0.643. The number of amides is 1. The number of carbonyl (C=O) groups is 2. The first-order valence-electron chi connectivity index (χ1n) is 4.83. The lowest BCUT2D eigenvalue weighted by molar-refractivity contribution is -0.914. The summed E-state index contributed by atoms with van der Waals surface area (Å²) in [6.45, 7) is 8.45. The fraction of sp³-hybridized carbons (Fsp3) is 0.455. The highest BCUT2D eigenvalue weighted by Crippen LogP contribution is 2.05. The summed E-state index contributed by atoms with van der Waals surface area (Å²) in [4.78, 5) is 22.4. The fourth-order valence-corrected chi connectivity index (χ4v) is 0.635. The van der Waals surface area contributed by atoms with E-state index in [0.29, 0.717) is 4.48 Å². The van der Waals surface area contributed by atoms with Gasteiger partial charge in [-0.2, -0.15) is 0 Å². The maximum Gasteiger partial charge on any atom is 0.358 e. The molecule has 0 saturated carbocycles. The Kier molecular flexibility index (Phi) is 4.91. The molecule has 0 aliphatic rings. The molecule has 0 fully saturated rings. The second kappa shape index (κ2) is 5.46. The van der Waals surface area contributed by atoms with Crippen LogP contribution >= 0.6 is 0 Å². The zero-order chi connectivity index (χ0) is 12.9. The topological polar surface area (TPSA) is 55.4 Å². The van der Waals surface area contributed by atoms with E-state index in [1.54, 1.807) is 6.92 Å². The van der Waals surface area contributed by atoms with Gasteiger partial charge in [-0.05, 0) is 6.08 Å². The van der Waals surface area contributed by atoms with Crippen LogP contribution in [0.1, 0.15) is 6.92 Å². The Morgan fingerprint density at radius 1 is 1.38 bits per heavy atom. The van der Waals surface area contributed by atoms with Gasteiger partial charge in [0.2, 0.25) is 12.1 Å². The number of rotatable bonds is 5. The van der Waals surface area contributed by atoms with Gasteiger partial charge >= 0.3 is 5.97 Å². The molecule has 1 N–H and O–H groups in total. The van der Waals surface area contributed by atoms with Crippen LogP contribution in [0.25, 0.3) is 0 Å². The van der Waals surface area contributed by atoms with Crippen LogP contribution in [0.15, 0.2) is 24.9 Å². The van der Waals surface area contributed by atoms with Crippen LogP contribution in [-0.4, -0.2) is 43.7 Å². The van der Waals surface area contributed by atoms with E-state index in [1.807, 2.05) is 21.1 Å². The molecule has 0 aromatic heterocycles. The standard InChI is InChI=1S/C11H18N2O3/c1-7-10(14)12-8(2)11(15)16-9(3)13(4,5)6/h7,9H,1-2H2,3-6H3/p+1. The first-order chi connectivity index (χ1) is 7.18. The molecule has 0 bridgehead atoms. The molecule has 0 aliphatic heterocycles. The maximum absolute atomic E-state index is 11.5. The Morgan fingerprint density at radius 3 is 2.25 bits per heavy atom. The summed E-state index contributed by atoms with van der Waals surface area (Å²) in [5.74, 6) is -1.13. The van der Waals surface area contributed by atoms with E-state index in [2.05, 4.69) is 18.5 Å². The normalized spacial score (nSPS) is 12.5. The van der Waals surface area contributed by atoms with Crippen LogP contribution in [0, 0.1) is 0 Å². The van der Waals surface area contributed by atoms with E-state index >= 15 is 0 Å². The molecule has 0 aromatic carbocycles. The third kappa shape index (κ3) is 4.75. The van der Waals surface area contributed by atoms with Gasteiger partial charge < -0.3 is 10.1 Å². The second-order valence-electron chi connectivity index (χ2n) is 4.29. The molecule has 0 saturated heterocycles. The van der Waals surface area contributed by atoms with Crippen molar-refractivity contribution in [2.75, 3.05) is 21.1 Å². The Labute approximate surface area is 96.0 Å². The van der Waals surface area contributed by atoms with Gasteiger partial charge in [-0.1, -0.05) is 13.2 Å².